The number of hydrogen-bond acceptors (Lipinski definition) is 4. The van der Waals surface area contributed by atoms with Crippen LogP contribution in [0.2, 0.25) is 0 Å². The van der Waals surface area contributed by atoms with Crippen molar-refractivity contribution < 1.29 is 8.42 Å². The molecular formula is C12H22N4O2S. The first-order chi connectivity index (χ1) is 9.04. The molecule has 0 aliphatic carbocycles. The quantitative estimate of drug-likeness (QED) is 0.857. The Kier molecular flexibility index (Phi) is 4.59. The molecule has 0 amide bonds. The third-order valence-electron chi connectivity index (χ3n) is 3.58. The molecule has 6 nitrogen and oxygen atoms in total. The first kappa shape index (κ1) is 14.5. The molecule has 0 spiro atoms. The molecule has 1 aliphatic heterocycles. The molecule has 0 radical (unpaired) electrons. The molecule has 0 unspecified atom stereocenters. The van der Waals surface area contributed by atoms with E-state index in [1.54, 1.807) is 15.2 Å². The summed E-state index contributed by atoms with van der Waals surface area (Å²) in [5.74, 6) is 0.616. The summed E-state index contributed by atoms with van der Waals surface area (Å²) in [6.45, 7) is 4.83. The van der Waals surface area contributed by atoms with E-state index in [1.165, 1.54) is 6.20 Å². The molecule has 0 saturated carbocycles. The van der Waals surface area contributed by atoms with Crippen molar-refractivity contribution in [2.75, 3.05) is 26.7 Å². The largest absolute Gasteiger partial charge is 0.318 e. The number of hydrogen-bond donors (Lipinski definition) is 1. The third kappa shape index (κ3) is 3.34. The fourth-order valence-corrected chi connectivity index (χ4v) is 3.63. The molecular weight excluding hydrogens is 264 g/mol. The van der Waals surface area contributed by atoms with E-state index in [9.17, 15) is 8.42 Å². The van der Waals surface area contributed by atoms with Crippen molar-refractivity contribution in [2.24, 2.45) is 5.92 Å². The summed E-state index contributed by atoms with van der Waals surface area (Å²) in [6, 6.07) is 0. The second-order valence-corrected chi connectivity index (χ2v) is 7.07. The van der Waals surface area contributed by atoms with Crippen LogP contribution in [0.4, 0.5) is 0 Å². The van der Waals surface area contributed by atoms with Crippen LogP contribution in [-0.2, 0) is 16.6 Å². The van der Waals surface area contributed by atoms with Crippen LogP contribution in [0.15, 0.2) is 17.3 Å². The van der Waals surface area contributed by atoms with Crippen molar-refractivity contribution in [3.05, 3.63) is 12.4 Å². The molecule has 1 fully saturated rings. The Morgan fingerprint density at radius 3 is 2.74 bits per heavy atom. The van der Waals surface area contributed by atoms with Gasteiger partial charge in [-0.2, -0.15) is 9.40 Å². The van der Waals surface area contributed by atoms with Crippen LogP contribution in [0.3, 0.4) is 0 Å². The molecule has 2 heterocycles. The van der Waals surface area contributed by atoms with Gasteiger partial charge in [0.25, 0.3) is 0 Å². The lowest BCUT2D eigenvalue weighted by Gasteiger charge is -2.28. The minimum atomic E-state index is -3.36. The van der Waals surface area contributed by atoms with Gasteiger partial charge in [-0.15, -0.1) is 0 Å². The van der Waals surface area contributed by atoms with E-state index >= 15 is 0 Å². The number of sulfonamides is 1. The van der Waals surface area contributed by atoms with Gasteiger partial charge in [-0.3, -0.25) is 4.68 Å². The SMILES string of the molecule is CNCCn1cc(S(=O)(=O)N2CCC(C)CC2)cn1. The Labute approximate surface area is 114 Å². The molecule has 7 heteroatoms. The maximum absolute atomic E-state index is 12.4. The minimum Gasteiger partial charge on any atom is -0.318 e. The lowest BCUT2D eigenvalue weighted by atomic mass is 10.0. The number of likely N-dealkylation sites (N-methyl/N-ethyl adjacent to an activating group) is 1. The lowest BCUT2D eigenvalue weighted by molar-refractivity contribution is 0.288. The van der Waals surface area contributed by atoms with Gasteiger partial charge >= 0.3 is 0 Å². The van der Waals surface area contributed by atoms with Crippen molar-refractivity contribution in [2.45, 2.75) is 31.2 Å². The maximum atomic E-state index is 12.4. The van der Waals surface area contributed by atoms with Gasteiger partial charge in [0.15, 0.2) is 0 Å². The highest BCUT2D eigenvalue weighted by Gasteiger charge is 2.28. The van der Waals surface area contributed by atoms with Crippen molar-refractivity contribution >= 4 is 10.0 Å². The van der Waals surface area contributed by atoms with Gasteiger partial charge in [-0.25, -0.2) is 8.42 Å². The molecule has 1 saturated heterocycles. The van der Waals surface area contributed by atoms with E-state index in [0.717, 1.165) is 19.4 Å². The first-order valence-electron chi connectivity index (χ1n) is 6.71. The summed E-state index contributed by atoms with van der Waals surface area (Å²) >= 11 is 0. The van der Waals surface area contributed by atoms with E-state index < -0.39 is 10.0 Å². The van der Waals surface area contributed by atoms with E-state index in [-0.39, 0.29) is 0 Å². The predicted octanol–water partition coefficient (Wildman–Crippen LogP) is 0.523. The molecule has 1 N–H and O–H groups in total. The normalized spacial score (nSPS) is 18.8. The topological polar surface area (TPSA) is 67.2 Å². The van der Waals surface area contributed by atoms with Gasteiger partial charge in [-0.1, -0.05) is 6.92 Å². The van der Waals surface area contributed by atoms with Crippen LogP contribution < -0.4 is 5.32 Å². The summed E-state index contributed by atoms with van der Waals surface area (Å²) in [5.41, 5.74) is 0. The molecule has 19 heavy (non-hydrogen) atoms. The van der Waals surface area contributed by atoms with Crippen LogP contribution in [0.1, 0.15) is 19.8 Å². The zero-order chi connectivity index (χ0) is 13.9. The fraction of sp³-hybridized carbons (Fsp3) is 0.750. The Bertz CT molecular complexity index is 504. The number of rotatable bonds is 5. The highest BCUT2D eigenvalue weighted by Crippen LogP contribution is 2.22. The number of aromatic nitrogens is 2. The maximum Gasteiger partial charge on any atom is 0.246 e. The second kappa shape index (κ2) is 6.02. The van der Waals surface area contributed by atoms with E-state index in [0.29, 0.717) is 30.4 Å². The van der Waals surface area contributed by atoms with Crippen molar-refractivity contribution in [3.8, 4) is 0 Å². The van der Waals surface area contributed by atoms with Crippen molar-refractivity contribution in [3.63, 3.8) is 0 Å². The van der Waals surface area contributed by atoms with Gasteiger partial charge in [0.05, 0.1) is 12.7 Å². The monoisotopic (exact) mass is 286 g/mol. The Hall–Kier alpha value is -0.920. The molecule has 0 aromatic carbocycles. The van der Waals surface area contributed by atoms with Gasteiger partial charge in [0, 0.05) is 25.8 Å². The highest BCUT2D eigenvalue weighted by atomic mass is 32.2. The Morgan fingerprint density at radius 1 is 1.42 bits per heavy atom. The molecule has 108 valence electrons. The summed E-state index contributed by atoms with van der Waals surface area (Å²) < 4.78 is 28.1. The van der Waals surface area contributed by atoms with E-state index in [4.69, 9.17) is 0 Å². The molecule has 1 aromatic heterocycles. The molecule has 1 aliphatic rings. The Morgan fingerprint density at radius 2 is 2.11 bits per heavy atom. The smallest absolute Gasteiger partial charge is 0.246 e. The van der Waals surface area contributed by atoms with Gasteiger partial charge < -0.3 is 5.32 Å². The standard InChI is InChI=1S/C12H22N4O2S/c1-11-3-6-16(7-4-11)19(17,18)12-9-14-15(10-12)8-5-13-2/h9-11,13H,3-8H2,1-2H3. The molecule has 1 aromatic rings. The number of piperidine rings is 1. The summed E-state index contributed by atoms with van der Waals surface area (Å²) in [7, 11) is -1.50. The zero-order valence-corrected chi connectivity index (χ0v) is 12.4. The highest BCUT2D eigenvalue weighted by molar-refractivity contribution is 7.89. The van der Waals surface area contributed by atoms with Crippen LogP contribution in [0.5, 0.6) is 0 Å². The van der Waals surface area contributed by atoms with E-state index in [1.807, 2.05) is 7.05 Å². The first-order valence-corrected chi connectivity index (χ1v) is 8.15. The van der Waals surface area contributed by atoms with Gasteiger partial charge in [-0.05, 0) is 25.8 Å². The summed E-state index contributed by atoms with van der Waals surface area (Å²) in [6.07, 6.45) is 4.94. The average Bonchev–Trinajstić information content (AvgIpc) is 2.86. The molecule has 0 atom stereocenters. The number of nitrogens with one attached hydrogen (secondary N) is 1. The minimum absolute atomic E-state index is 0.304. The average molecular weight is 286 g/mol. The summed E-state index contributed by atoms with van der Waals surface area (Å²) in [5, 5.41) is 7.11. The number of nitrogens with zero attached hydrogens (tertiary/aromatic N) is 3. The fourth-order valence-electron chi connectivity index (χ4n) is 2.20. The van der Waals surface area contributed by atoms with Gasteiger partial charge in [0.1, 0.15) is 4.90 Å². The van der Waals surface area contributed by atoms with Crippen LogP contribution in [0, 0.1) is 5.92 Å². The van der Waals surface area contributed by atoms with Crippen molar-refractivity contribution in [1.29, 1.82) is 0 Å². The molecule has 2 rings (SSSR count). The van der Waals surface area contributed by atoms with Gasteiger partial charge in [0.2, 0.25) is 10.0 Å². The second-order valence-electron chi connectivity index (χ2n) is 5.13. The zero-order valence-electron chi connectivity index (χ0n) is 11.5. The predicted molar refractivity (Wildman–Crippen MR) is 73.3 cm³/mol. The van der Waals surface area contributed by atoms with Crippen LogP contribution >= 0.6 is 0 Å². The van der Waals surface area contributed by atoms with Crippen LogP contribution in [0.25, 0.3) is 0 Å². The van der Waals surface area contributed by atoms with Crippen molar-refractivity contribution in [1.82, 2.24) is 19.4 Å². The summed E-state index contributed by atoms with van der Waals surface area (Å²) in [4.78, 5) is 0.304. The van der Waals surface area contributed by atoms with E-state index in [2.05, 4.69) is 17.3 Å². The third-order valence-corrected chi connectivity index (χ3v) is 5.43. The molecule has 0 bridgehead atoms. The lowest BCUT2D eigenvalue weighted by Crippen LogP contribution is -2.37. The van der Waals surface area contributed by atoms with Crippen LogP contribution in [-0.4, -0.2) is 49.2 Å². The Balaban J connectivity index is 2.08.